The summed E-state index contributed by atoms with van der Waals surface area (Å²) in [6.07, 6.45) is 0. The summed E-state index contributed by atoms with van der Waals surface area (Å²) in [6, 6.07) is 0.435. The van der Waals surface area contributed by atoms with Crippen molar-refractivity contribution in [2.75, 3.05) is 30.3 Å². The molecule has 0 aromatic heterocycles. The van der Waals surface area contributed by atoms with Crippen LogP contribution in [0.2, 0.25) is 0 Å². The van der Waals surface area contributed by atoms with Crippen LogP contribution in [0.4, 0.5) is 0 Å². The molecule has 3 rings (SSSR count). The number of aliphatic imine (C=N–C) groups is 1. The minimum Gasteiger partial charge on any atom is -0.331 e. The van der Waals surface area contributed by atoms with E-state index in [-0.39, 0.29) is 5.91 Å². The Bertz CT molecular complexity index is 305. The number of amides is 1. The number of hydrogen-bond donors (Lipinski definition) is 0. The van der Waals surface area contributed by atoms with Crippen LogP contribution in [0.1, 0.15) is 0 Å². The highest BCUT2D eigenvalue weighted by Crippen LogP contribution is 2.34. The van der Waals surface area contributed by atoms with Gasteiger partial charge in [-0.1, -0.05) is 0 Å². The van der Waals surface area contributed by atoms with Crippen LogP contribution >= 0.6 is 23.5 Å². The predicted molar refractivity (Wildman–Crippen MR) is 61.4 cm³/mol. The van der Waals surface area contributed by atoms with Gasteiger partial charge in [-0.15, -0.1) is 11.8 Å². The first kappa shape index (κ1) is 9.09. The number of carbonyl (C=O) groups is 1. The van der Waals surface area contributed by atoms with Crippen LogP contribution in [0.25, 0.3) is 0 Å². The first-order valence-electron chi connectivity index (χ1n) is 4.92. The molecule has 3 aliphatic heterocycles. The van der Waals surface area contributed by atoms with E-state index in [1.165, 1.54) is 0 Å². The smallest absolute Gasteiger partial charge is 0.269 e. The Morgan fingerprint density at radius 2 is 2.36 bits per heavy atom. The number of rotatable bonds is 0. The molecule has 5 heteroatoms. The molecule has 3 nitrogen and oxygen atoms in total. The molecule has 0 unspecified atom stereocenters. The topological polar surface area (TPSA) is 32.7 Å². The third-order valence-electron chi connectivity index (χ3n) is 2.94. The van der Waals surface area contributed by atoms with Gasteiger partial charge in [0.1, 0.15) is 5.71 Å². The molecule has 0 radical (unpaired) electrons. The Labute approximate surface area is 91.7 Å². The molecule has 3 heterocycles. The van der Waals surface area contributed by atoms with Gasteiger partial charge in [-0.2, -0.15) is 11.8 Å². The third kappa shape index (κ3) is 1.21. The maximum absolute atomic E-state index is 11.9. The average molecular weight is 228 g/mol. The largest absolute Gasteiger partial charge is 0.331 e. The van der Waals surface area contributed by atoms with Gasteiger partial charge in [0.25, 0.3) is 5.91 Å². The molecule has 0 aliphatic carbocycles. The molecule has 0 saturated carbocycles. The normalized spacial score (nSPS) is 36.4. The molecule has 14 heavy (non-hydrogen) atoms. The number of hydrogen-bond acceptors (Lipinski definition) is 4. The van der Waals surface area contributed by atoms with E-state index < -0.39 is 0 Å². The molecule has 0 N–H and O–H groups in total. The lowest BCUT2D eigenvalue weighted by Gasteiger charge is -2.31. The highest BCUT2D eigenvalue weighted by atomic mass is 32.2. The zero-order valence-electron chi connectivity index (χ0n) is 7.81. The molecule has 0 aromatic carbocycles. The lowest BCUT2D eigenvalue weighted by atomic mass is 10.2. The van der Waals surface area contributed by atoms with Crippen molar-refractivity contribution in [3.8, 4) is 0 Å². The van der Waals surface area contributed by atoms with Crippen molar-refractivity contribution >= 4 is 35.1 Å². The van der Waals surface area contributed by atoms with Crippen molar-refractivity contribution < 1.29 is 4.79 Å². The minimum atomic E-state index is 0.215. The van der Waals surface area contributed by atoms with E-state index in [0.29, 0.717) is 11.3 Å². The summed E-state index contributed by atoms with van der Waals surface area (Å²) in [4.78, 5) is 18.4. The van der Waals surface area contributed by atoms with Gasteiger partial charge < -0.3 is 4.90 Å². The second-order valence-electron chi connectivity index (χ2n) is 3.70. The van der Waals surface area contributed by atoms with Crippen molar-refractivity contribution in [1.82, 2.24) is 4.90 Å². The molecule has 3 aliphatic rings. The molecule has 1 amide bonds. The van der Waals surface area contributed by atoms with E-state index in [0.717, 1.165) is 36.1 Å². The van der Waals surface area contributed by atoms with E-state index in [4.69, 9.17) is 0 Å². The quantitative estimate of drug-likeness (QED) is 0.605. The van der Waals surface area contributed by atoms with Crippen molar-refractivity contribution in [2.24, 2.45) is 4.99 Å². The summed E-state index contributed by atoms with van der Waals surface area (Å²) >= 11 is 3.88. The van der Waals surface area contributed by atoms with Gasteiger partial charge in [0, 0.05) is 30.3 Å². The highest BCUT2D eigenvalue weighted by Gasteiger charge is 2.47. The van der Waals surface area contributed by atoms with Crippen molar-refractivity contribution in [1.29, 1.82) is 0 Å². The van der Waals surface area contributed by atoms with E-state index in [1.807, 2.05) is 28.4 Å². The fraction of sp³-hybridized carbons (Fsp3) is 0.778. The Hall–Kier alpha value is -0.160. The van der Waals surface area contributed by atoms with Crippen LogP contribution in [0.15, 0.2) is 4.99 Å². The molecule has 2 fully saturated rings. The van der Waals surface area contributed by atoms with Crippen LogP contribution in [0, 0.1) is 0 Å². The Balaban J connectivity index is 1.95. The monoisotopic (exact) mass is 228 g/mol. The SMILES string of the molecule is O=C1C2=NCCS[C@@H]2[C@H]2CSCCN12. The van der Waals surface area contributed by atoms with E-state index >= 15 is 0 Å². The van der Waals surface area contributed by atoms with Gasteiger partial charge in [0.05, 0.1) is 11.3 Å². The van der Waals surface area contributed by atoms with E-state index in [1.54, 1.807) is 0 Å². The van der Waals surface area contributed by atoms with Crippen molar-refractivity contribution in [3.63, 3.8) is 0 Å². The van der Waals surface area contributed by atoms with Gasteiger partial charge >= 0.3 is 0 Å². The second-order valence-corrected chi connectivity index (χ2v) is 6.10. The van der Waals surface area contributed by atoms with Gasteiger partial charge in [-0.05, 0) is 0 Å². The third-order valence-corrected chi connectivity index (χ3v) is 5.30. The van der Waals surface area contributed by atoms with Gasteiger partial charge in [0.2, 0.25) is 0 Å². The maximum atomic E-state index is 11.9. The van der Waals surface area contributed by atoms with Gasteiger partial charge in [-0.25, -0.2) is 0 Å². The molecule has 2 saturated heterocycles. The number of nitrogens with zero attached hydrogens (tertiary/aromatic N) is 2. The van der Waals surface area contributed by atoms with Gasteiger partial charge in [-0.3, -0.25) is 9.79 Å². The van der Waals surface area contributed by atoms with E-state index in [2.05, 4.69) is 4.99 Å². The van der Waals surface area contributed by atoms with E-state index in [9.17, 15) is 4.79 Å². The first-order chi connectivity index (χ1) is 6.88. The highest BCUT2D eigenvalue weighted by molar-refractivity contribution is 8.01. The van der Waals surface area contributed by atoms with Crippen LogP contribution in [0.3, 0.4) is 0 Å². The Morgan fingerprint density at radius 1 is 1.43 bits per heavy atom. The summed E-state index contributed by atoms with van der Waals surface area (Å²) in [5.74, 6) is 3.48. The molecule has 76 valence electrons. The predicted octanol–water partition coefficient (Wildman–Crippen LogP) is 0.500. The van der Waals surface area contributed by atoms with Crippen molar-refractivity contribution in [3.05, 3.63) is 0 Å². The summed E-state index contributed by atoms with van der Waals surface area (Å²) in [7, 11) is 0. The Kier molecular flexibility index (Phi) is 2.24. The summed E-state index contributed by atoms with van der Waals surface area (Å²) in [5.41, 5.74) is 0.855. The molecule has 0 aromatic rings. The van der Waals surface area contributed by atoms with Crippen LogP contribution in [-0.4, -0.2) is 58.2 Å². The summed E-state index contributed by atoms with van der Waals surface area (Å²) in [6.45, 7) is 1.75. The van der Waals surface area contributed by atoms with Crippen LogP contribution in [-0.2, 0) is 4.79 Å². The minimum absolute atomic E-state index is 0.215. The summed E-state index contributed by atoms with van der Waals surface area (Å²) < 4.78 is 0. The van der Waals surface area contributed by atoms with Crippen molar-refractivity contribution in [2.45, 2.75) is 11.3 Å². The van der Waals surface area contributed by atoms with Gasteiger partial charge in [0.15, 0.2) is 0 Å². The zero-order valence-corrected chi connectivity index (χ0v) is 9.44. The lowest BCUT2D eigenvalue weighted by Crippen LogP contribution is -2.42. The molecule has 2 atom stereocenters. The second kappa shape index (κ2) is 3.45. The molecular weight excluding hydrogens is 216 g/mol. The number of carbonyl (C=O) groups excluding carboxylic acids is 1. The number of thioether (sulfide) groups is 2. The first-order valence-corrected chi connectivity index (χ1v) is 7.13. The maximum Gasteiger partial charge on any atom is 0.269 e. The summed E-state index contributed by atoms with van der Waals surface area (Å²) in [5, 5.41) is 0.379. The lowest BCUT2D eigenvalue weighted by molar-refractivity contribution is -0.123. The molecule has 0 spiro atoms. The Morgan fingerprint density at radius 3 is 3.29 bits per heavy atom. The zero-order chi connectivity index (χ0) is 9.54. The standard InChI is InChI=1S/C9H12N2OS2/c12-9-7-8(14-3-1-10-7)6-5-13-4-2-11(6)9/h6,8H,1-5H2/t6-,8-/m1/s1. The number of fused-ring (bicyclic) bond motifs is 3. The molecule has 0 bridgehead atoms. The molecular formula is C9H12N2OS2. The fourth-order valence-electron chi connectivity index (χ4n) is 2.27. The van der Waals surface area contributed by atoms with Crippen LogP contribution < -0.4 is 0 Å². The fourth-order valence-corrected chi connectivity index (χ4v) is 4.75. The van der Waals surface area contributed by atoms with Crippen LogP contribution in [0.5, 0.6) is 0 Å². The average Bonchev–Trinajstić information content (AvgIpc) is 2.55.